The zero-order chi connectivity index (χ0) is 13.6. The van der Waals surface area contributed by atoms with Gasteiger partial charge in [0.15, 0.2) is 0 Å². The molecule has 1 aliphatic heterocycles. The zero-order valence-electron chi connectivity index (χ0n) is 11.9. The first-order valence-electron chi connectivity index (χ1n) is 6.90. The Kier molecular flexibility index (Phi) is 6.55. The Hall–Kier alpha value is -0.170. The van der Waals surface area contributed by atoms with E-state index < -0.39 is 10.2 Å². The largest absolute Gasteiger partial charge is 0.317 e. The van der Waals surface area contributed by atoms with E-state index in [-0.39, 0.29) is 0 Å². The Balaban J connectivity index is 2.33. The molecule has 0 aromatic carbocycles. The highest BCUT2D eigenvalue weighted by Crippen LogP contribution is 2.20. The molecule has 108 valence electrons. The average Bonchev–Trinajstić information content (AvgIpc) is 2.76. The van der Waals surface area contributed by atoms with Gasteiger partial charge in [-0.3, -0.25) is 0 Å². The van der Waals surface area contributed by atoms with E-state index in [0.29, 0.717) is 25.6 Å². The maximum atomic E-state index is 12.2. The zero-order valence-corrected chi connectivity index (χ0v) is 12.7. The highest BCUT2D eigenvalue weighted by atomic mass is 32.2. The van der Waals surface area contributed by atoms with Crippen molar-refractivity contribution in [2.75, 3.05) is 39.8 Å². The van der Waals surface area contributed by atoms with Crippen molar-refractivity contribution in [3.8, 4) is 0 Å². The first-order chi connectivity index (χ1) is 8.48. The van der Waals surface area contributed by atoms with Gasteiger partial charge in [0, 0.05) is 26.7 Å². The number of nitrogens with one attached hydrogen (secondary N) is 1. The molecule has 0 saturated carbocycles. The summed E-state index contributed by atoms with van der Waals surface area (Å²) in [7, 11) is -1.55. The normalized spacial score (nSPS) is 21.9. The van der Waals surface area contributed by atoms with Crippen molar-refractivity contribution in [3.05, 3.63) is 0 Å². The molecular weight excluding hydrogens is 250 g/mol. The Morgan fingerprint density at radius 2 is 2.11 bits per heavy atom. The molecule has 1 fully saturated rings. The van der Waals surface area contributed by atoms with Crippen molar-refractivity contribution in [1.29, 1.82) is 0 Å². The van der Waals surface area contributed by atoms with Crippen LogP contribution in [-0.2, 0) is 10.2 Å². The lowest BCUT2D eigenvalue weighted by atomic mass is 10.2. The van der Waals surface area contributed by atoms with Crippen LogP contribution < -0.4 is 5.32 Å². The minimum absolute atomic E-state index is 0.486. The van der Waals surface area contributed by atoms with Gasteiger partial charge in [0.2, 0.25) is 0 Å². The van der Waals surface area contributed by atoms with Gasteiger partial charge < -0.3 is 5.32 Å². The summed E-state index contributed by atoms with van der Waals surface area (Å²) in [5, 5.41) is 3.28. The lowest BCUT2D eigenvalue weighted by Gasteiger charge is -2.24. The topological polar surface area (TPSA) is 52.7 Å². The molecule has 1 heterocycles. The SMILES string of the molecule is CCCNCCCN(C)S(=O)(=O)N1CCC(C)C1. The highest BCUT2D eigenvalue weighted by molar-refractivity contribution is 7.86. The van der Waals surface area contributed by atoms with Crippen LogP contribution in [0.4, 0.5) is 0 Å². The van der Waals surface area contributed by atoms with E-state index in [1.807, 2.05) is 0 Å². The summed E-state index contributed by atoms with van der Waals surface area (Å²) >= 11 is 0. The van der Waals surface area contributed by atoms with Crippen LogP contribution >= 0.6 is 0 Å². The van der Waals surface area contributed by atoms with Gasteiger partial charge in [-0.2, -0.15) is 17.0 Å². The van der Waals surface area contributed by atoms with E-state index in [9.17, 15) is 8.42 Å². The van der Waals surface area contributed by atoms with E-state index in [2.05, 4.69) is 19.2 Å². The Bertz CT molecular complexity index is 332. The summed E-state index contributed by atoms with van der Waals surface area (Å²) in [5.41, 5.74) is 0. The van der Waals surface area contributed by atoms with Crippen LogP contribution in [0, 0.1) is 5.92 Å². The fraction of sp³-hybridized carbons (Fsp3) is 1.00. The molecule has 0 spiro atoms. The second-order valence-corrected chi connectivity index (χ2v) is 7.22. The molecule has 18 heavy (non-hydrogen) atoms. The summed E-state index contributed by atoms with van der Waals surface area (Å²) in [6.45, 7) is 8.03. The predicted molar refractivity (Wildman–Crippen MR) is 74.7 cm³/mol. The Morgan fingerprint density at radius 3 is 2.67 bits per heavy atom. The van der Waals surface area contributed by atoms with Crippen LogP contribution in [0.15, 0.2) is 0 Å². The molecule has 1 unspecified atom stereocenters. The second-order valence-electron chi connectivity index (χ2n) is 5.18. The van der Waals surface area contributed by atoms with Crippen LogP contribution in [0.1, 0.15) is 33.1 Å². The van der Waals surface area contributed by atoms with Gasteiger partial charge in [-0.15, -0.1) is 0 Å². The van der Waals surface area contributed by atoms with Gasteiger partial charge in [0.1, 0.15) is 0 Å². The molecular formula is C12H27N3O2S. The Morgan fingerprint density at radius 1 is 1.39 bits per heavy atom. The molecule has 5 nitrogen and oxygen atoms in total. The van der Waals surface area contributed by atoms with Crippen LogP contribution in [0.2, 0.25) is 0 Å². The monoisotopic (exact) mass is 277 g/mol. The van der Waals surface area contributed by atoms with E-state index in [4.69, 9.17) is 0 Å². The minimum atomic E-state index is -3.23. The van der Waals surface area contributed by atoms with E-state index in [0.717, 1.165) is 32.4 Å². The van der Waals surface area contributed by atoms with Gasteiger partial charge in [0.25, 0.3) is 10.2 Å². The molecule has 6 heteroatoms. The predicted octanol–water partition coefficient (Wildman–Crippen LogP) is 0.895. The highest BCUT2D eigenvalue weighted by Gasteiger charge is 2.31. The number of hydrogen-bond acceptors (Lipinski definition) is 3. The van der Waals surface area contributed by atoms with Crippen molar-refractivity contribution in [3.63, 3.8) is 0 Å². The fourth-order valence-electron chi connectivity index (χ4n) is 2.15. The summed E-state index contributed by atoms with van der Waals surface area (Å²) < 4.78 is 27.6. The van der Waals surface area contributed by atoms with Gasteiger partial charge in [-0.1, -0.05) is 13.8 Å². The van der Waals surface area contributed by atoms with Crippen molar-refractivity contribution in [1.82, 2.24) is 13.9 Å². The Labute approximate surface area is 112 Å². The summed E-state index contributed by atoms with van der Waals surface area (Å²) in [4.78, 5) is 0. The van der Waals surface area contributed by atoms with Crippen LogP contribution in [0.25, 0.3) is 0 Å². The smallest absolute Gasteiger partial charge is 0.281 e. The maximum absolute atomic E-state index is 12.2. The van der Waals surface area contributed by atoms with E-state index in [1.165, 1.54) is 4.31 Å². The van der Waals surface area contributed by atoms with Gasteiger partial charge in [-0.25, -0.2) is 0 Å². The van der Waals surface area contributed by atoms with Crippen molar-refractivity contribution in [2.45, 2.75) is 33.1 Å². The summed E-state index contributed by atoms with van der Waals surface area (Å²) in [6, 6.07) is 0. The summed E-state index contributed by atoms with van der Waals surface area (Å²) in [5.74, 6) is 0.486. The molecule has 1 rings (SSSR count). The van der Waals surface area contributed by atoms with Gasteiger partial charge in [-0.05, 0) is 38.3 Å². The number of hydrogen-bond donors (Lipinski definition) is 1. The number of nitrogens with zero attached hydrogens (tertiary/aromatic N) is 2. The van der Waals surface area contributed by atoms with Crippen LogP contribution in [0.3, 0.4) is 0 Å². The van der Waals surface area contributed by atoms with Crippen molar-refractivity contribution >= 4 is 10.2 Å². The standard InChI is InChI=1S/C12H27N3O2S/c1-4-7-13-8-5-9-14(3)18(16,17)15-10-6-12(2)11-15/h12-13H,4-11H2,1-3H3. The van der Waals surface area contributed by atoms with Gasteiger partial charge in [0.05, 0.1) is 0 Å². The quantitative estimate of drug-likeness (QED) is 0.671. The molecule has 0 amide bonds. The maximum Gasteiger partial charge on any atom is 0.281 e. The lowest BCUT2D eigenvalue weighted by molar-refractivity contribution is 0.384. The lowest BCUT2D eigenvalue weighted by Crippen LogP contribution is -2.41. The van der Waals surface area contributed by atoms with E-state index >= 15 is 0 Å². The van der Waals surface area contributed by atoms with Gasteiger partial charge >= 0.3 is 0 Å². The molecule has 1 atom stereocenters. The summed E-state index contributed by atoms with van der Waals surface area (Å²) in [6.07, 6.45) is 2.95. The molecule has 0 bridgehead atoms. The molecule has 0 aliphatic carbocycles. The molecule has 0 aromatic heterocycles. The van der Waals surface area contributed by atoms with E-state index in [1.54, 1.807) is 11.4 Å². The molecule has 1 aliphatic rings. The molecule has 1 N–H and O–H groups in total. The molecule has 0 radical (unpaired) electrons. The second kappa shape index (κ2) is 7.43. The van der Waals surface area contributed by atoms with Crippen molar-refractivity contribution in [2.24, 2.45) is 5.92 Å². The third-order valence-corrected chi connectivity index (χ3v) is 5.31. The molecule has 0 aromatic rings. The molecule has 1 saturated heterocycles. The van der Waals surface area contributed by atoms with Crippen molar-refractivity contribution < 1.29 is 8.42 Å². The minimum Gasteiger partial charge on any atom is -0.317 e. The number of rotatable bonds is 8. The van der Waals surface area contributed by atoms with Crippen LogP contribution in [0.5, 0.6) is 0 Å². The first kappa shape index (κ1) is 15.9. The third-order valence-electron chi connectivity index (χ3n) is 3.36. The fourth-order valence-corrected chi connectivity index (χ4v) is 3.68. The third kappa shape index (κ3) is 4.50. The average molecular weight is 277 g/mol. The first-order valence-corrected chi connectivity index (χ1v) is 8.30. The van der Waals surface area contributed by atoms with Crippen LogP contribution in [-0.4, -0.2) is 56.8 Å².